The lowest BCUT2D eigenvalue weighted by Crippen LogP contribution is -2.09. The second-order valence-electron chi connectivity index (χ2n) is 5.16. The predicted octanol–water partition coefficient (Wildman–Crippen LogP) is 4.24. The number of carbonyl (C=O) groups excluding carboxylic acids is 2. The van der Waals surface area contributed by atoms with Crippen LogP contribution < -0.4 is 4.74 Å². The van der Waals surface area contributed by atoms with Crippen molar-refractivity contribution in [2.24, 2.45) is 0 Å². The Kier molecular flexibility index (Phi) is 4.57. The van der Waals surface area contributed by atoms with Gasteiger partial charge in [-0.05, 0) is 48.0 Å². The zero-order chi connectivity index (χ0) is 16.9. The Hall–Kier alpha value is -3.14. The molecule has 4 nitrogen and oxygen atoms in total. The predicted molar refractivity (Wildman–Crippen MR) is 91.3 cm³/mol. The van der Waals surface area contributed by atoms with E-state index in [1.54, 1.807) is 37.3 Å². The van der Waals surface area contributed by atoms with Gasteiger partial charge in [0, 0.05) is 0 Å². The minimum atomic E-state index is -0.435. The molecule has 0 bridgehead atoms. The van der Waals surface area contributed by atoms with Crippen LogP contribution in [0.4, 0.5) is 0 Å². The lowest BCUT2D eigenvalue weighted by atomic mass is 10.0. The standard InChI is InChI=1S/C20H16O4/c1-2-23-19(21)15-10-12-16(13-11-15)24-20(22)18-9-5-7-14-6-3-4-8-17(14)18/h3-13H,2H2,1H3. The summed E-state index contributed by atoms with van der Waals surface area (Å²) in [6, 6.07) is 19.4. The summed E-state index contributed by atoms with van der Waals surface area (Å²) in [5.41, 5.74) is 0.921. The van der Waals surface area contributed by atoms with Gasteiger partial charge in [0.25, 0.3) is 0 Å². The molecule has 3 aromatic rings. The van der Waals surface area contributed by atoms with Crippen LogP contribution in [0.1, 0.15) is 27.6 Å². The second kappa shape index (κ2) is 6.96. The Bertz CT molecular complexity index is 876. The van der Waals surface area contributed by atoms with E-state index in [9.17, 15) is 9.59 Å². The minimum Gasteiger partial charge on any atom is -0.462 e. The van der Waals surface area contributed by atoms with Gasteiger partial charge in [0.1, 0.15) is 5.75 Å². The molecule has 3 aromatic carbocycles. The molecule has 0 aliphatic carbocycles. The van der Waals surface area contributed by atoms with E-state index in [1.807, 2.05) is 36.4 Å². The van der Waals surface area contributed by atoms with Crippen LogP contribution in [0, 0.1) is 0 Å². The van der Waals surface area contributed by atoms with Crippen molar-refractivity contribution in [1.29, 1.82) is 0 Å². The summed E-state index contributed by atoms with van der Waals surface area (Å²) < 4.78 is 10.3. The van der Waals surface area contributed by atoms with Crippen LogP contribution in [0.5, 0.6) is 5.75 Å². The average Bonchev–Trinajstić information content (AvgIpc) is 2.62. The van der Waals surface area contributed by atoms with Crippen LogP contribution in [-0.4, -0.2) is 18.5 Å². The van der Waals surface area contributed by atoms with E-state index in [0.717, 1.165) is 10.8 Å². The summed E-state index contributed by atoms with van der Waals surface area (Å²) in [4.78, 5) is 24.1. The molecule has 0 aliphatic rings. The van der Waals surface area contributed by atoms with Gasteiger partial charge in [-0.2, -0.15) is 0 Å². The highest BCUT2D eigenvalue weighted by molar-refractivity contribution is 6.05. The Morgan fingerprint density at radius 3 is 2.29 bits per heavy atom. The molecule has 0 aliphatic heterocycles. The molecule has 0 heterocycles. The van der Waals surface area contributed by atoms with E-state index in [0.29, 0.717) is 23.5 Å². The largest absolute Gasteiger partial charge is 0.462 e. The molecule has 0 saturated heterocycles. The number of hydrogen-bond acceptors (Lipinski definition) is 4. The van der Waals surface area contributed by atoms with Gasteiger partial charge in [0.15, 0.2) is 0 Å². The lowest BCUT2D eigenvalue weighted by molar-refractivity contribution is 0.0526. The number of carbonyl (C=O) groups is 2. The van der Waals surface area contributed by atoms with Crippen molar-refractivity contribution in [2.75, 3.05) is 6.61 Å². The highest BCUT2D eigenvalue weighted by Crippen LogP contribution is 2.21. The molecule has 24 heavy (non-hydrogen) atoms. The zero-order valence-corrected chi connectivity index (χ0v) is 13.2. The Labute approximate surface area is 139 Å². The van der Waals surface area contributed by atoms with Crippen LogP contribution in [-0.2, 0) is 4.74 Å². The third-order valence-corrected chi connectivity index (χ3v) is 3.59. The smallest absolute Gasteiger partial charge is 0.344 e. The number of rotatable bonds is 4. The zero-order valence-electron chi connectivity index (χ0n) is 13.2. The topological polar surface area (TPSA) is 52.6 Å². The first-order valence-corrected chi connectivity index (χ1v) is 7.66. The first-order valence-electron chi connectivity index (χ1n) is 7.66. The molecule has 0 unspecified atom stereocenters. The van der Waals surface area contributed by atoms with Crippen LogP contribution >= 0.6 is 0 Å². The van der Waals surface area contributed by atoms with Gasteiger partial charge < -0.3 is 9.47 Å². The van der Waals surface area contributed by atoms with Gasteiger partial charge in [-0.3, -0.25) is 0 Å². The normalized spacial score (nSPS) is 10.4. The summed E-state index contributed by atoms with van der Waals surface area (Å²) in [5, 5.41) is 1.82. The summed E-state index contributed by atoms with van der Waals surface area (Å²) in [5.74, 6) is -0.457. The fourth-order valence-electron chi connectivity index (χ4n) is 2.44. The highest BCUT2D eigenvalue weighted by Gasteiger charge is 2.13. The number of esters is 2. The number of ether oxygens (including phenoxy) is 2. The van der Waals surface area contributed by atoms with Gasteiger partial charge in [0.05, 0.1) is 17.7 Å². The minimum absolute atomic E-state index is 0.316. The summed E-state index contributed by atoms with van der Waals surface area (Å²) in [7, 11) is 0. The lowest BCUT2D eigenvalue weighted by Gasteiger charge is -2.08. The number of benzene rings is 3. The first kappa shape index (κ1) is 15.7. The van der Waals surface area contributed by atoms with E-state index in [4.69, 9.17) is 9.47 Å². The van der Waals surface area contributed by atoms with Crippen molar-refractivity contribution in [3.63, 3.8) is 0 Å². The molecular formula is C20H16O4. The molecule has 0 saturated carbocycles. The van der Waals surface area contributed by atoms with E-state index in [2.05, 4.69) is 0 Å². The number of fused-ring (bicyclic) bond motifs is 1. The molecule has 0 radical (unpaired) electrons. The van der Waals surface area contributed by atoms with Crippen molar-refractivity contribution in [3.05, 3.63) is 77.9 Å². The maximum absolute atomic E-state index is 12.4. The van der Waals surface area contributed by atoms with Crippen molar-refractivity contribution >= 4 is 22.7 Å². The molecular weight excluding hydrogens is 304 g/mol. The Morgan fingerprint density at radius 1 is 0.833 bits per heavy atom. The molecule has 0 amide bonds. The van der Waals surface area contributed by atoms with Crippen LogP contribution in [0.25, 0.3) is 10.8 Å². The molecule has 0 aromatic heterocycles. The Morgan fingerprint density at radius 2 is 1.54 bits per heavy atom. The second-order valence-corrected chi connectivity index (χ2v) is 5.16. The fraction of sp³-hybridized carbons (Fsp3) is 0.100. The molecule has 0 N–H and O–H groups in total. The summed E-state index contributed by atoms with van der Waals surface area (Å²) in [6.07, 6.45) is 0. The molecule has 120 valence electrons. The molecule has 0 fully saturated rings. The third kappa shape index (κ3) is 3.27. The van der Waals surface area contributed by atoms with E-state index >= 15 is 0 Å². The van der Waals surface area contributed by atoms with Crippen LogP contribution in [0.15, 0.2) is 66.7 Å². The van der Waals surface area contributed by atoms with Crippen molar-refractivity contribution < 1.29 is 19.1 Å². The maximum atomic E-state index is 12.4. The van der Waals surface area contributed by atoms with Gasteiger partial charge in [-0.1, -0.05) is 36.4 Å². The van der Waals surface area contributed by atoms with E-state index < -0.39 is 11.9 Å². The average molecular weight is 320 g/mol. The van der Waals surface area contributed by atoms with Crippen molar-refractivity contribution in [2.45, 2.75) is 6.92 Å². The first-order chi connectivity index (χ1) is 11.7. The van der Waals surface area contributed by atoms with Gasteiger partial charge >= 0.3 is 11.9 Å². The third-order valence-electron chi connectivity index (χ3n) is 3.59. The quantitative estimate of drug-likeness (QED) is 0.533. The Balaban J connectivity index is 1.80. The van der Waals surface area contributed by atoms with Crippen molar-refractivity contribution in [3.8, 4) is 5.75 Å². The molecule has 0 spiro atoms. The highest BCUT2D eigenvalue weighted by atomic mass is 16.5. The monoisotopic (exact) mass is 320 g/mol. The fourth-order valence-corrected chi connectivity index (χ4v) is 2.44. The molecule has 0 atom stereocenters. The van der Waals surface area contributed by atoms with Crippen LogP contribution in [0.3, 0.4) is 0 Å². The summed E-state index contributed by atoms with van der Waals surface area (Å²) >= 11 is 0. The summed E-state index contributed by atoms with van der Waals surface area (Å²) in [6.45, 7) is 2.06. The number of hydrogen-bond donors (Lipinski definition) is 0. The molecule has 3 rings (SSSR count). The van der Waals surface area contributed by atoms with Crippen LogP contribution in [0.2, 0.25) is 0 Å². The van der Waals surface area contributed by atoms with E-state index in [-0.39, 0.29) is 0 Å². The van der Waals surface area contributed by atoms with Gasteiger partial charge in [0.2, 0.25) is 0 Å². The SMILES string of the molecule is CCOC(=O)c1ccc(OC(=O)c2cccc3ccccc23)cc1. The van der Waals surface area contributed by atoms with Gasteiger partial charge in [-0.15, -0.1) is 0 Å². The molecule has 4 heteroatoms. The maximum Gasteiger partial charge on any atom is 0.344 e. The van der Waals surface area contributed by atoms with Gasteiger partial charge in [-0.25, -0.2) is 9.59 Å². The van der Waals surface area contributed by atoms with E-state index in [1.165, 1.54) is 0 Å². The van der Waals surface area contributed by atoms with Crippen molar-refractivity contribution in [1.82, 2.24) is 0 Å².